The highest BCUT2D eigenvalue weighted by Gasteiger charge is 2.53. The molecule has 2 atom stereocenters. The van der Waals surface area contributed by atoms with E-state index in [1.165, 1.54) is 12.1 Å². The minimum atomic E-state index is -0.796. The molecule has 1 heterocycles. The molecule has 1 aromatic rings. The number of nitrogens with zero attached hydrogens (tertiary/aromatic N) is 1. The quantitative estimate of drug-likeness (QED) is 0.923. The van der Waals surface area contributed by atoms with Gasteiger partial charge in [-0.15, -0.1) is 0 Å². The van der Waals surface area contributed by atoms with Crippen molar-refractivity contribution in [2.45, 2.75) is 37.5 Å². The third kappa shape index (κ3) is 2.41. The van der Waals surface area contributed by atoms with Crippen LogP contribution in [0.4, 0.5) is 4.39 Å². The van der Waals surface area contributed by atoms with Crippen LogP contribution in [0.2, 0.25) is 0 Å². The lowest BCUT2D eigenvalue weighted by Gasteiger charge is -2.43. The molecule has 3 aliphatic rings. The third-order valence-electron chi connectivity index (χ3n) is 6.19. The van der Waals surface area contributed by atoms with Gasteiger partial charge < -0.3 is 10.0 Å². The highest BCUT2D eigenvalue weighted by Crippen LogP contribution is 2.49. The van der Waals surface area contributed by atoms with Gasteiger partial charge in [-0.3, -0.25) is 9.59 Å². The molecule has 1 aromatic carbocycles. The van der Waals surface area contributed by atoms with Crippen LogP contribution in [-0.4, -0.2) is 35.0 Å². The second-order valence-corrected chi connectivity index (χ2v) is 7.60. The second-order valence-electron chi connectivity index (χ2n) is 7.60. The van der Waals surface area contributed by atoms with Crippen molar-refractivity contribution in [2.75, 3.05) is 13.1 Å². The predicted octanol–water partition coefficient (Wildman–Crippen LogP) is 2.82. The Morgan fingerprint density at radius 3 is 2.50 bits per heavy atom. The molecule has 2 saturated carbocycles. The van der Waals surface area contributed by atoms with Gasteiger partial charge in [0.15, 0.2) is 0 Å². The van der Waals surface area contributed by atoms with E-state index in [1.54, 1.807) is 11.0 Å². The Balaban J connectivity index is 1.59. The first-order chi connectivity index (χ1) is 11.5. The van der Waals surface area contributed by atoms with Gasteiger partial charge in [0.05, 0.1) is 11.3 Å². The van der Waals surface area contributed by atoms with Crippen molar-refractivity contribution in [2.24, 2.45) is 17.8 Å². The lowest BCUT2D eigenvalue weighted by molar-refractivity contribution is -0.143. The minimum absolute atomic E-state index is 0.00579. The van der Waals surface area contributed by atoms with Crippen LogP contribution in [0.5, 0.6) is 0 Å². The summed E-state index contributed by atoms with van der Waals surface area (Å²) in [5.74, 6) is -1.05. The molecule has 0 spiro atoms. The summed E-state index contributed by atoms with van der Waals surface area (Å²) in [7, 11) is 0. The van der Waals surface area contributed by atoms with Crippen molar-refractivity contribution in [1.29, 1.82) is 0 Å². The molecule has 0 radical (unpaired) electrons. The van der Waals surface area contributed by atoms with Crippen LogP contribution in [-0.2, 0) is 15.0 Å². The van der Waals surface area contributed by atoms with Gasteiger partial charge in [-0.05, 0) is 55.2 Å². The molecule has 4 rings (SSSR count). The summed E-state index contributed by atoms with van der Waals surface area (Å²) in [5.41, 5.74) is 0.0874. The molecule has 1 aliphatic heterocycles. The number of carbonyl (C=O) groups is 2. The Morgan fingerprint density at radius 1 is 1.21 bits per heavy atom. The predicted molar refractivity (Wildman–Crippen MR) is 85.8 cm³/mol. The SMILES string of the molecule is O=C(O)[C@H]1CN(C(=O)C2(c3cccc(F)c3)CCC2)C[C@@H]1C1CC1. The Hall–Kier alpha value is -1.91. The fraction of sp³-hybridized carbons (Fsp3) is 0.579. The third-order valence-corrected chi connectivity index (χ3v) is 6.19. The number of halogens is 1. The first-order valence-electron chi connectivity index (χ1n) is 8.79. The van der Waals surface area contributed by atoms with Crippen molar-refractivity contribution in [1.82, 2.24) is 4.90 Å². The minimum Gasteiger partial charge on any atom is -0.481 e. The van der Waals surface area contributed by atoms with Gasteiger partial charge in [0, 0.05) is 13.1 Å². The number of hydrogen-bond donors (Lipinski definition) is 1. The van der Waals surface area contributed by atoms with Crippen LogP contribution < -0.4 is 0 Å². The number of carboxylic acid groups (broad SMARTS) is 1. The molecule has 0 aromatic heterocycles. The summed E-state index contributed by atoms with van der Waals surface area (Å²) in [5, 5.41) is 9.50. The van der Waals surface area contributed by atoms with Crippen molar-refractivity contribution in [3.8, 4) is 0 Å². The lowest BCUT2D eigenvalue weighted by Crippen LogP contribution is -2.50. The van der Waals surface area contributed by atoms with Gasteiger partial charge >= 0.3 is 5.97 Å². The van der Waals surface area contributed by atoms with Crippen LogP contribution in [0.15, 0.2) is 24.3 Å². The van der Waals surface area contributed by atoms with E-state index in [0.717, 1.165) is 37.7 Å². The summed E-state index contributed by atoms with van der Waals surface area (Å²) < 4.78 is 13.6. The highest BCUT2D eigenvalue weighted by molar-refractivity contribution is 5.90. The first-order valence-corrected chi connectivity index (χ1v) is 8.79. The Labute approximate surface area is 140 Å². The van der Waals surface area contributed by atoms with Gasteiger partial charge in [0.2, 0.25) is 5.91 Å². The molecule has 1 N–H and O–H groups in total. The summed E-state index contributed by atoms with van der Waals surface area (Å²) in [4.78, 5) is 26.5. The molecule has 128 valence electrons. The summed E-state index contributed by atoms with van der Waals surface area (Å²) >= 11 is 0. The lowest BCUT2D eigenvalue weighted by atomic mass is 9.63. The van der Waals surface area contributed by atoms with Crippen molar-refractivity contribution >= 4 is 11.9 Å². The zero-order valence-corrected chi connectivity index (χ0v) is 13.6. The molecule has 0 unspecified atom stereocenters. The largest absolute Gasteiger partial charge is 0.481 e. The number of likely N-dealkylation sites (tertiary alicyclic amines) is 1. The van der Waals surface area contributed by atoms with Gasteiger partial charge in [-0.2, -0.15) is 0 Å². The number of rotatable bonds is 4. The monoisotopic (exact) mass is 331 g/mol. The Bertz CT molecular complexity index is 681. The number of aliphatic carboxylic acids is 1. The van der Waals surface area contributed by atoms with E-state index in [-0.39, 0.29) is 17.6 Å². The van der Waals surface area contributed by atoms with Crippen LogP contribution in [0.25, 0.3) is 0 Å². The molecular weight excluding hydrogens is 309 g/mol. The maximum absolute atomic E-state index is 13.6. The van der Waals surface area contributed by atoms with Crippen LogP contribution in [0, 0.1) is 23.6 Å². The summed E-state index contributed by atoms with van der Waals surface area (Å²) in [6, 6.07) is 6.32. The molecule has 1 amide bonds. The van der Waals surface area contributed by atoms with E-state index in [1.807, 2.05) is 6.07 Å². The van der Waals surface area contributed by atoms with E-state index in [2.05, 4.69) is 0 Å². The van der Waals surface area contributed by atoms with E-state index < -0.39 is 17.3 Å². The van der Waals surface area contributed by atoms with Crippen molar-refractivity contribution in [3.05, 3.63) is 35.6 Å². The standard InChI is InChI=1S/C19H22FNO3/c20-14-4-1-3-13(9-14)19(7-2-8-19)18(24)21-10-15(12-5-6-12)16(11-21)17(22)23/h1,3-4,9,12,15-16H,2,5-8,10-11H2,(H,22,23)/t15-,16+/m1/s1. The van der Waals surface area contributed by atoms with Gasteiger partial charge in [0.1, 0.15) is 5.82 Å². The first kappa shape index (κ1) is 15.6. The zero-order chi connectivity index (χ0) is 16.9. The Kier molecular flexibility index (Phi) is 3.62. The van der Waals surface area contributed by atoms with Crippen molar-refractivity contribution < 1.29 is 19.1 Å². The molecular formula is C19H22FNO3. The van der Waals surface area contributed by atoms with Crippen LogP contribution >= 0.6 is 0 Å². The molecule has 3 fully saturated rings. The van der Waals surface area contributed by atoms with Crippen LogP contribution in [0.1, 0.15) is 37.7 Å². The zero-order valence-electron chi connectivity index (χ0n) is 13.6. The summed E-state index contributed by atoms with van der Waals surface area (Å²) in [6.07, 6.45) is 4.54. The molecule has 4 nitrogen and oxygen atoms in total. The van der Waals surface area contributed by atoms with E-state index >= 15 is 0 Å². The maximum Gasteiger partial charge on any atom is 0.308 e. The highest BCUT2D eigenvalue weighted by atomic mass is 19.1. The smallest absolute Gasteiger partial charge is 0.308 e. The van der Waals surface area contributed by atoms with E-state index in [0.29, 0.717) is 19.0 Å². The maximum atomic E-state index is 13.6. The number of carboxylic acids is 1. The molecule has 24 heavy (non-hydrogen) atoms. The summed E-state index contributed by atoms with van der Waals surface area (Å²) in [6.45, 7) is 0.837. The fourth-order valence-corrected chi connectivity index (χ4v) is 4.50. The molecule has 5 heteroatoms. The van der Waals surface area contributed by atoms with Crippen LogP contribution in [0.3, 0.4) is 0 Å². The number of carbonyl (C=O) groups excluding carboxylic acids is 1. The average Bonchev–Trinajstić information content (AvgIpc) is 3.24. The van der Waals surface area contributed by atoms with Gasteiger partial charge in [-0.1, -0.05) is 18.6 Å². The average molecular weight is 331 g/mol. The number of benzene rings is 1. The fourth-order valence-electron chi connectivity index (χ4n) is 4.50. The number of hydrogen-bond acceptors (Lipinski definition) is 2. The van der Waals surface area contributed by atoms with E-state index in [9.17, 15) is 19.1 Å². The second kappa shape index (κ2) is 5.57. The van der Waals surface area contributed by atoms with Crippen molar-refractivity contribution in [3.63, 3.8) is 0 Å². The molecule has 1 saturated heterocycles. The van der Waals surface area contributed by atoms with Gasteiger partial charge in [-0.25, -0.2) is 4.39 Å². The van der Waals surface area contributed by atoms with Gasteiger partial charge in [0.25, 0.3) is 0 Å². The normalized spacial score (nSPS) is 28.5. The van der Waals surface area contributed by atoms with E-state index in [4.69, 9.17) is 0 Å². The Morgan fingerprint density at radius 2 is 1.96 bits per heavy atom. The molecule has 2 aliphatic carbocycles. The number of amides is 1. The molecule has 0 bridgehead atoms. The topological polar surface area (TPSA) is 57.6 Å².